The molecule has 0 amide bonds. The molecule has 2 aliphatic rings. The number of hydrogen-bond donors (Lipinski definition) is 1. The van der Waals surface area contributed by atoms with Crippen LogP contribution in [-0.4, -0.2) is 44.8 Å². The van der Waals surface area contributed by atoms with Crippen molar-refractivity contribution in [1.82, 2.24) is 14.5 Å². The van der Waals surface area contributed by atoms with Crippen molar-refractivity contribution in [2.24, 2.45) is 5.92 Å². The molecule has 1 aliphatic carbocycles. The van der Waals surface area contributed by atoms with Crippen LogP contribution in [0.1, 0.15) is 31.4 Å². The molecule has 1 N–H and O–H groups in total. The summed E-state index contributed by atoms with van der Waals surface area (Å²) in [5.74, 6) is 0.250. The average Bonchev–Trinajstić information content (AvgIpc) is 2.48. The van der Waals surface area contributed by atoms with Gasteiger partial charge in [-0.25, -0.2) is 4.98 Å². The van der Waals surface area contributed by atoms with Gasteiger partial charge in [-0.3, -0.25) is 14.3 Å². The molecule has 2 heterocycles. The number of nitrogens with zero attached hydrogens (tertiary/aromatic N) is 3. The molecule has 2 fully saturated rings. The zero-order chi connectivity index (χ0) is 16.6. The molecule has 1 saturated carbocycles. The van der Waals surface area contributed by atoms with E-state index in [2.05, 4.69) is 9.88 Å². The number of hydrogen-bond acceptors (Lipinski definition) is 4. The van der Waals surface area contributed by atoms with Crippen LogP contribution in [0.5, 0.6) is 0 Å². The molecule has 1 aromatic rings. The highest BCUT2D eigenvalue weighted by atomic mass is 19.4. The molecule has 1 aromatic heterocycles. The molecule has 1 saturated heterocycles. The Bertz CT molecular complexity index is 609. The van der Waals surface area contributed by atoms with E-state index < -0.39 is 17.4 Å². The van der Waals surface area contributed by atoms with Gasteiger partial charge in [-0.1, -0.05) is 0 Å². The first-order chi connectivity index (χ1) is 10.8. The van der Waals surface area contributed by atoms with Crippen molar-refractivity contribution in [3.8, 4) is 0 Å². The van der Waals surface area contributed by atoms with E-state index in [0.717, 1.165) is 45.1 Å². The summed E-state index contributed by atoms with van der Waals surface area (Å²) in [6.45, 7) is 2.11. The van der Waals surface area contributed by atoms with Gasteiger partial charge in [0, 0.05) is 18.7 Å². The van der Waals surface area contributed by atoms with Crippen LogP contribution in [0, 0.1) is 5.92 Å². The second kappa shape index (κ2) is 6.24. The normalized spacial score (nSPS) is 27.0. The van der Waals surface area contributed by atoms with Gasteiger partial charge in [0.2, 0.25) is 0 Å². The van der Waals surface area contributed by atoms with Crippen LogP contribution in [0.15, 0.2) is 17.2 Å². The van der Waals surface area contributed by atoms with Crippen LogP contribution in [-0.2, 0) is 12.7 Å². The van der Waals surface area contributed by atoms with E-state index >= 15 is 0 Å². The first kappa shape index (κ1) is 16.4. The summed E-state index contributed by atoms with van der Waals surface area (Å²) in [4.78, 5) is 17.4. The smallest absolute Gasteiger partial charge is 0.391 e. The topological polar surface area (TPSA) is 58.4 Å². The predicted octanol–water partition coefficient (Wildman–Crippen LogP) is 1.50. The molecule has 128 valence electrons. The molecule has 8 heteroatoms. The van der Waals surface area contributed by atoms with Gasteiger partial charge in [-0.2, -0.15) is 13.2 Å². The van der Waals surface area contributed by atoms with Crippen LogP contribution in [0.25, 0.3) is 0 Å². The third-order valence-electron chi connectivity index (χ3n) is 4.95. The molecule has 0 spiro atoms. The summed E-state index contributed by atoms with van der Waals surface area (Å²) >= 11 is 0. The monoisotopic (exact) mass is 331 g/mol. The SMILES string of the molecule is O=c1cc(C(F)(F)F)ncn1CC1CCN(C2CCC2O)CC1. The number of piperidine rings is 1. The Morgan fingerprint density at radius 1 is 1.22 bits per heavy atom. The van der Waals surface area contributed by atoms with Crippen molar-refractivity contribution in [1.29, 1.82) is 0 Å². The van der Waals surface area contributed by atoms with E-state index in [4.69, 9.17) is 0 Å². The minimum Gasteiger partial charge on any atom is -0.391 e. The van der Waals surface area contributed by atoms with Crippen LogP contribution >= 0.6 is 0 Å². The summed E-state index contributed by atoms with van der Waals surface area (Å²) < 4.78 is 38.8. The maximum Gasteiger partial charge on any atom is 0.433 e. The molecule has 5 nitrogen and oxygen atoms in total. The van der Waals surface area contributed by atoms with Crippen molar-refractivity contribution in [3.63, 3.8) is 0 Å². The molecule has 1 aliphatic heterocycles. The van der Waals surface area contributed by atoms with Crippen LogP contribution < -0.4 is 5.56 Å². The highest BCUT2D eigenvalue weighted by Crippen LogP contribution is 2.30. The number of aliphatic hydroxyl groups excluding tert-OH is 1. The second-order valence-corrected chi connectivity index (χ2v) is 6.45. The second-order valence-electron chi connectivity index (χ2n) is 6.45. The molecule has 0 radical (unpaired) electrons. The Morgan fingerprint density at radius 3 is 2.39 bits per heavy atom. The molecular weight excluding hydrogens is 311 g/mol. The molecule has 0 aromatic carbocycles. The molecule has 3 rings (SSSR count). The van der Waals surface area contributed by atoms with Crippen molar-refractivity contribution >= 4 is 0 Å². The van der Waals surface area contributed by atoms with Gasteiger partial charge in [0.25, 0.3) is 5.56 Å². The first-order valence-electron chi connectivity index (χ1n) is 7.90. The Kier molecular flexibility index (Phi) is 4.46. The fourth-order valence-electron chi connectivity index (χ4n) is 3.35. The van der Waals surface area contributed by atoms with E-state index in [1.165, 1.54) is 4.57 Å². The van der Waals surface area contributed by atoms with Crippen LogP contribution in [0.2, 0.25) is 0 Å². The zero-order valence-electron chi connectivity index (χ0n) is 12.7. The summed E-state index contributed by atoms with van der Waals surface area (Å²) in [7, 11) is 0. The van der Waals surface area contributed by atoms with Crippen molar-refractivity contribution < 1.29 is 18.3 Å². The quantitative estimate of drug-likeness (QED) is 0.912. The standard InChI is InChI=1S/C15H20F3N3O2/c16-15(17,18)13-7-14(23)21(9-19-13)8-10-3-5-20(6-4-10)11-1-2-12(11)22/h7,9-12,22H,1-6,8H2. The predicted molar refractivity (Wildman–Crippen MR) is 76.8 cm³/mol. The summed E-state index contributed by atoms with van der Waals surface area (Å²) in [6, 6.07) is 0.811. The highest BCUT2D eigenvalue weighted by molar-refractivity contribution is 5.03. The first-order valence-corrected chi connectivity index (χ1v) is 7.90. The number of rotatable bonds is 3. The minimum atomic E-state index is -4.59. The summed E-state index contributed by atoms with van der Waals surface area (Å²) in [5.41, 5.74) is -1.81. The number of aromatic nitrogens is 2. The lowest BCUT2D eigenvalue weighted by molar-refractivity contribution is -0.141. The number of aliphatic hydroxyl groups is 1. The summed E-state index contributed by atoms with van der Waals surface area (Å²) in [6.07, 6.45) is -0.202. The lowest BCUT2D eigenvalue weighted by Crippen LogP contribution is -2.53. The van der Waals surface area contributed by atoms with Crippen molar-refractivity contribution in [2.75, 3.05) is 13.1 Å². The Labute approximate surface area is 131 Å². The molecule has 2 atom stereocenters. The van der Waals surface area contributed by atoms with E-state index in [-0.39, 0.29) is 18.1 Å². The maximum absolute atomic E-state index is 12.5. The molecule has 23 heavy (non-hydrogen) atoms. The fourth-order valence-corrected chi connectivity index (χ4v) is 3.35. The lowest BCUT2D eigenvalue weighted by Gasteiger charge is -2.44. The maximum atomic E-state index is 12.5. The summed E-state index contributed by atoms with van der Waals surface area (Å²) in [5, 5.41) is 9.70. The van der Waals surface area contributed by atoms with Crippen LogP contribution in [0.4, 0.5) is 13.2 Å². The lowest BCUT2D eigenvalue weighted by atomic mass is 9.85. The van der Waals surface area contributed by atoms with Crippen LogP contribution in [0.3, 0.4) is 0 Å². The molecular formula is C15H20F3N3O2. The van der Waals surface area contributed by atoms with Gasteiger partial charge in [-0.05, 0) is 44.7 Å². The third kappa shape index (κ3) is 3.58. The molecule has 2 unspecified atom stereocenters. The van der Waals surface area contributed by atoms with Gasteiger partial charge in [0.15, 0.2) is 5.69 Å². The number of halogens is 3. The van der Waals surface area contributed by atoms with Gasteiger partial charge < -0.3 is 5.11 Å². The van der Waals surface area contributed by atoms with E-state index in [9.17, 15) is 23.1 Å². The third-order valence-corrected chi connectivity index (χ3v) is 4.95. The van der Waals surface area contributed by atoms with E-state index in [1.54, 1.807) is 0 Å². The van der Waals surface area contributed by atoms with Crippen molar-refractivity contribution in [2.45, 2.75) is 50.6 Å². The van der Waals surface area contributed by atoms with Gasteiger partial charge in [-0.15, -0.1) is 0 Å². The highest BCUT2D eigenvalue weighted by Gasteiger charge is 2.36. The van der Waals surface area contributed by atoms with E-state index in [0.29, 0.717) is 12.6 Å². The Morgan fingerprint density at radius 2 is 1.91 bits per heavy atom. The largest absolute Gasteiger partial charge is 0.433 e. The van der Waals surface area contributed by atoms with Gasteiger partial charge in [0.1, 0.15) is 0 Å². The van der Waals surface area contributed by atoms with E-state index in [1.807, 2.05) is 0 Å². The van der Waals surface area contributed by atoms with Crippen molar-refractivity contribution in [3.05, 3.63) is 28.4 Å². The molecule has 0 bridgehead atoms. The number of alkyl halides is 3. The fraction of sp³-hybridized carbons (Fsp3) is 0.733. The Hall–Kier alpha value is -1.41. The Balaban J connectivity index is 1.57. The van der Waals surface area contributed by atoms with Gasteiger partial charge >= 0.3 is 6.18 Å². The zero-order valence-corrected chi connectivity index (χ0v) is 12.7. The van der Waals surface area contributed by atoms with Gasteiger partial charge in [0.05, 0.1) is 12.4 Å². The minimum absolute atomic E-state index is 0.228. The number of likely N-dealkylation sites (tertiary alicyclic amines) is 1. The average molecular weight is 331 g/mol.